The number of hydrogen-bond donors (Lipinski definition) is 2. The molecule has 0 heterocycles. The summed E-state index contributed by atoms with van der Waals surface area (Å²) >= 11 is 0. The summed E-state index contributed by atoms with van der Waals surface area (Å²) in [4.78, 5) is 34.9. The number of aliphatic hydroxyl groups excluding tert-OH is 1. The summed E-state index contributed by atoms with van der Waals surface area (Å²) < 4.78 is 55.8. The molecule has 0 saturated carbocycles. The van der Waals surface area contributed by atoms with Gasteiger partial charge in [-0.05, 0) is 19.4 Å². The predicted octanol–water partition coefficient (Wildman–Crippen LogP) is -0.481. The summed E-state index contributed by atoms with van der Waals surface area (Å²) in [6.45, 7) is -0.796. The van der Waals surface area contributed by atoms with E-state index in [0.717, 1.165) is 30.2 Å². The van der Waals surface area contributed by atoms with E-state index in [1.54, 1.807) is 0 Å². The van der Waals surface area contributed by atoms with Gasteiger partial charge in [-0.3, -0.25) is 33.4 Å². The Labute approximate surface area is 201 Å². The Morgan fingerprint density at radius 1 is 1.14 bits per heavy atom. The van der Waals surface area contributed by atoms with Gasteiger partial charge in [-0.1, -0.05) is 0 Å². The Hall–Kier alpha value is -2.93. The van der Waals surface area contributed by atoms with Crippen LogP contribution < -0.4 is 10.2 Å². The molecule has 1 aromatic carbocycles. The van der Waals surface area contributed by atoms with Crippen LogP contribution in [0.15, 0.2) is 18.2 Å². The lowest BCUT2D eigenvalue weighted by molar-refractivity contribution is -0.393. The highest BCUT2D eigenvalue weighted by molar-refractivity contribution is 7.86. The molecule has 0 aliphatic heterocycles. The zero-order valence-electron chi connectivity index (χ0n) is 19.1. The van der Waals surface area contributed by atoms with Crippen LogP contribution >= 0.6 is 0 Å². The number of rotatable bonds is 15. The van der Waals surface area contributed by atoms with Crippen molar-refractivity contribution in [3.05, 3.63) is 38.4 Å². The van der Waals surface area contributed by atoms with Gasteiger partial charge in [0.05, 0.1) is 48.2 Å². The highest BCUT2D eigenvalue weighted by Crippen LogP contribution is 2.33. The number of nitrogens with one attached hydrogen (secondary N) is 1. The van der Waals surface area contributed by atoms with Crippen LogP contribution in [0.5, 0.6) is 0 Å². The van der Waals surface area contributed by atoms with Crippen LogP contribution in [0.1, 0.15) is 13.3 Å². The quantitative estimate of drug-likeness (QED) is 0.124. The van der Waals surface area contributed by atoms with Gasteiger partial charge in [-0.2, -0.15) is 16.8 Å². The number of amides is 1. The number of benzene rings is 1. The lowest BCUT2D eigenvalue weighted by atomic mass is 10.0. The molecule has 1 aromatic rings. The Morgan fingerprint density at radius 3 is 2.26 bits per heavy atom. The lowest BCUT2D eigenvalue weighted by Gasteiger charge is -2.34. The minimum absolute atomic E-state index is 0.0611. The molecular weight excluding hydrogens is 516 g/mol. The number of carbonyl (C=O) groups is 1. The Morgan fingerprint density at radius 2 is 1.77 bits per heavy atom. The van der Waals surface area contributed by atoms with E-state index in [-0.39, 0.29) is 31.8 Å². The van der Waals surface area contributed by atoms with Crippen LogP contribution in [-0.2, 0) is 33.4 Å². The molecule has 0 radical (unpaired) electrons. The van der Waals surface area contributed by atoms with Gasteiger partial charge in [0, 0.05) is 19.2 Å². The van der Waals surface area contributed by atoms with E-state index in [9.17, 15) is 41.9 Å². The molecule has 35 heavy (non-hydrogen) atoms. The SMILES string of the molecule is CC(CN(CCCOS(C)(=O)=O)c1ccc([N+](=O)[O-])cc1[N+](=O)[O-])(OS(C)(=O)=O)C(=O)NCCO. The van der Waals surface area contributed by atoms with E-state index in [4.69, 9.17) is 9.29 Å². The van der Waals surface area contributed by atoms with Gasteiger partial charge in [0.15, 0.2) is 5.60 Å². The molecule has 0 bridgehead atoms. The summed E-state index contributed by atoms with van der Waals surface area (Å²) in [5.41, 5.74) is -3.70. The maximum atomic E-state index is 12.7. The molecule has 0 aromatic heterocycles. The van der Waals surface area contributed by atoms with Crippen LogP contribution in [0.3, 0.4) is 0 Å². The largest absolute Gasteiger partial charge is 0.395 e. The van der Waals surface area contributed by atoms with Crippen LogP contribution in [-0.4, -0.2) is 88.7 Å². The summed E-state index contributed by atoms with van der Waals surface area (Å²) in [5, 5.41) is 34.0. The van der Waals surface area contributed by atoms with Crippen molar-refractivity contribution in [1.82, 2.24) is 5.32 Å². The molecule has 2 N–H and O–H groups in total. The average Bonchev–Trinajstić information content (AvgIpc) is 2.71. The summed E-state index contributed by atoms with van der Waals surface area (Å²) in [6.07, 6.45) is 1.44. The van der Waals surface area contributed by atoms with Gasteiger partial charge in [0.25, 0.3) is 37.5 Å². The number of non-ortho nitro benzene ring substituents is 1. The van der Waals surface area contributed by atoms with Gasteiger partial charge in [-0.25, -0.2) is 0 Å². The number of aliphatic hydroxyl groups is 1. The van der Waals surface area contributed by atoms with Crippen molar-refractivity contribution in [1.29, 1.82) is 0 Å². The maximum Gasteiger partial charge on any atom is 0.299 e. The van der Waals surface area contributed by atoms with Crippen LogP contribution in [0, 0.1) is 20.2 Å². The van der Waals surface area contributed by atoms with E-state index in [2.05, 4.69) is 9.50 Å². The van der Waals surface area contributed by atoms with Crippen molar-refractivity contribution in [2.24, 2.45) is 0 Å². The van der Waals surface area contributed by atoms with Gasteiger partial charge >= 0.3 is 0 Å². The number of anilines is 1. The average molecular weight is 543 g/mol. The van der Waals surface area contributed by atoms with E-state index >= 15 is 0 Å². The van der Waals surface area contributed by atoms with Crippen molar-refractivity contribution in [3.8, 4) is 0 Å². The second kappa shape index (κ2) is 12.2. The summed E-state index contributed by atoms with van der Waals surface area (Å²) in [6, 6.07) is 2.71. The number of carbonyl (C=O) groups excluding carboxylic acids is 1. The topological polar surface area (TPSA) is 226 Å². The third kappa shape index (κ3) is 10.1. The Bertz CT molecular complexity index is 1160. The molecular formula is C17H26N4O12S2. The third-order valence-corrected chi connectivity index (χ3v) is 5.55. The minimum atomic E-state index is -4.25. The highest BCUT2D eigenvalue weighted by atomic mass is 32.2. The van der Waals surface area contributed by atoms with Gasteiger partial charge < -0.3 is 15.3 Å². The molecule has 198 valence electrons. The van der Waals surface area contributed by atoms with E-state index in [0.29, 0.717) is 12.3 Å². The zero-order chi connectivity index (χ0) is 27.0. The molecule has 0 fully saturated rings. The molecule has 0 aliphatic carbocycles. The zero-order valence-corrected chi connectivity index (χ0v) is 20.7. The fraction of sp³-hybridized carbons (Fsp3) is 0.588. The second-order valence-corrected chi connectivity index (χ2v) is 10.7. The second-order valence-electron chi connectivity index (χ2n) is 7.49. The fourth-order valence-corrected chi connectivity index (χ4v) is 4.20. The Balaban J connectivity index is 3.51. The maximum absolute atomic E-state index is 12.7. The number of hydrogen-bond acceptors (Lipinski definition) is 13. The first-order valence-corrected chi connectivity index (χ1v) is 13.4. The van der Waals surface area contributed by atoms with Gasteiger partial charge in [-0.15, -0.1) is 0 Å². The molecule has 16 nitrogen and oxygen atoms in total. The predicted molar refractivity (Wildman–Crippen MR) is 122 cm³/mol. The first-order chi connectivity index (χ1) is 16.0. The van der Waals surface area contributed by atoms with Crippen LogP contribution in [0.25, 0.3) is 0 Å². The molecule has 0 spiro atoms. The van der Waals surface area contributed by atoms with Gasteiger partial charge in [0.1, 0.15) is 5.69 Å². The highest BCUT2D eigenvalue weighted by Gasteiger charge is 2.41. The van der Waals surface area contributed by atoms with Crippen molar-refractivity contribution in [2.45, 2.75) is 18.9 Å². The van der Waals surface area contributed by atoms with Crippen molar-refractivity contribution < 1.29 is 44.9 Å². The van der Waals surface area contributed by atoms with Gasteiger partial charge in [0.2, 0.25) is 0 Å². The minimum Gasteiger partial charge on any atom is -0.395 e. The third-order valence-electron chi connectivity index (χ3n) is 4.28. The number of nitrogens with zero attached hydrogens (tertiary/aromatic N) is 3. The van der Waals surface area contributed by atoms with E-state index < -0.39 is 66.1 Å². The fourth-order valence-electron chi connectivity index (χ4n) is 2.98. The molecule has 0 saturated heterocycles. The summed E-state index contributed by atoms with van der Waals surface area (Å²) in [7, 11) is -8.05. The first-order valence-electron chi connectivity index (χ1n) is 9.81. The van der Waals surface area contributed by atoms with Crippen molar-refractivity contribution in [3.63, 3.8) is 0 Å². The summed E-state index contributed by atoms with van der Waals surface area (Å²) in [5.74, 6) is -0.973. The smallest absolute Gasteiger partial charge is 0.299 e. The first kappa shape index (κ1) is 30.1. The lowest BCUT2D eigenvalue weighted by Crippen LogP contribution is -2.55. The molecule has 18 heteroatoms. The van der Waals surface area contributed by atoms with E-state index in [1.807, 2.05) is 0 Å². The number of nitro benzene ring substituents is 2. The molecule has 1 atom stereocenters. The number of nitro groups is 2. The van der Waals surface area contributed by atoms with Crippen LogP contribution in [0.4, 0.5) is 17.1 Å². The van der Waals surface area contributed by atoms with Crippen molar-refractivity contribution >= 4 is 43.2 Å². The van der Waals surface area contributed by atoms with Crippen molar-refractivity contribution in [2.75, 3.05) is 50.3 Å². The monoisotopic (exact) mass is 542 g/mol. The van der Waals surface area contributed by atoms with Crippen LogP contribution in [0.2, 0.25) is 0 Å². The molecule has 1 amide bonds. The van der Waals surface area contributed by atoms with E-state index in [1.165, 1.54) is 0 Å². The Kier molecular flexibility index (Phi) is 10.5. The standard InChI is InChI=1S/C17H26N4O12S2/c1-17(33-35(3,30)31,16(23)18-7-9-22)12-19(8-4-10-32-34(2,28)29)14-6-5-13(20(24)25)11-15(14)21(26)27/h5-6,11,22H,4,7-10,12H2,1-3H3,(H,18,23). The molecule has 0 aliphatic rings. The molecule has 1 unspecified atom stereocenters. The normalized spacial score (nSPS) is 13.6. The molecule has 1 rings (SSSR count).